The molecule has 0 amide bonds. The van der Waals surface area contributed by atoms with Crippen molar-refractivity contribution in [3.8, 4) is 0 Å². The minimum absolute atomic E-state index is 0.240. The van der Waals surface area contributed by atoms with E-state index in [1.54, 1.807) is 0 Å². The van der Waals surface area contributed by atoms with E-state index in [0.29, 0.717) is 39.3 Å². The van der Waals surface area contributed by atoms with E-state index < -0.39 is 5.60 Å². The topological polar surface area (TPSA) is 60.0 Å². The van der Waals surface area contributed by atoms with Gasteiger partial charge in [0.2, 0.25) is 0 Å². The van der Waals surface area contributed by atoms with Gasteiger partial charge in [0.1, 0.15) is 0 Å². The molecule has 2 atom stereocenters. The van der Waals surface area contributed by atoms with Crippen LogP contribution in [0.25, 0.3) is 0 Å². The predicted molar refractivity (Wildman–Crippen MR) is 75.7 cm³/mol. The number of rotatable bonds is 2. The Morgan fingerprint density at radius 2 is 1.62 bits per heavy atom. The number of benzene rings is 1. The lowest BCUT2D eigenvalue weighted by Crippen LogP contribution is -2.58. The molecule has 3 fully saturated rings. The van der Waals surface area contributed by atoms with Crippen LogP contribution in [0.2, 0.25) is 0 Å². The molecular formula is C16H21NO4. The van der Waals surface area contributed by atoms with Gasteiger partial charge >= 0.3 is 0 Å². The molecule has 3 aliphatic heterocycles. The van der Waals surface area contributed by atoms with E-state index in [1.165, 1.54) is 0 Å². The highest BCUT2D eigenvalue weighted by molar-refractivity contribution is 5.29. The molecule has 2 unspecified atom stereocenters. The number of aliphatic hydroxyl groups is 1. The minimum atomic E-state index is -0.764. The fourth-order valence-electron chi connectivity index (χ4n) is 3.65. The highest BCUT2D eigenvalue weighted by atomic mass is 16.7. The van der Waals surface area contributed by atoms with Gasteiger partial charge in [-0.15, -0.1) is 0 Å². The van der Waals surface area contributed by atoms with Gasteiger partial charge in [0.05, 0.1) is 32.0 Å². The molecule has 3 aliphatic rings. The van der Waals surface area contributed by atoms with E-state index >= 15 is 0 Å². The summed E-state index contributed by atoms with van der Waals surface area (Å²) in [6, 6.07) is 8.48. The molecule has 21 heavy (non-hydrogen) atoms. The number of nitrogens with one attached hydrogen (secondary N) is 1. The quantitative estimate of drug-likeness (QED) is 0.853. The van der Waals surface area contributed by atoms with Crippen LogP contribution in [0.1, 0.15) is 30.3 Å². The van der Waals surface area contributed by atoms with Crippen LogP contribution < -0.4 is 5.32 Å². The van der Waals surface area contributed by atoms with Crippen molar-refractivity contribution in [2.24, 2.45) is 0 Å². The number of ether oxygens (including phenoxy) is 3. The number of fused-ring (bicyclic) bond motifs is 2. The van der Waals surface area contributed by atoms with Gasteiger partial charge in [0, 0.05) is 17.6 Å². The van der Waals surface area contributed by atoms with Crippen molar-refractivity contribution in [1.82, 2.24) is 5.32 Å². The van der Waals surface area contributed by atoms with Crippen LogP contribution >= 0.6 is 0 Å². The van der Waals surface area contributed by atoms with E-state index in [9.17, 15) is 5.11 Å². The van der Waals surface area contributed by atoms with Crippen LogP contribution in [-0.4, -0.2) is 43.6 Å². The molecule has 3 saturated heterocycles. The van der Waals surface area contributed by atoms with Crippen LogP contribution in [0, 0.1) is 0 Å². The zero-order valence-electron chi connectivity index (χ0n) is 12.0. The van der Waals surface area contributed by atoms with E-state index in [1.807, 2.05) is 24.3 Å². The van der Waals surface area contributed by atoms with Gasteiger partial charge in [0.15, 0.2) is 6.29 Å². The highest BCUT2D eigenvalue weighted by Gasteiger charge is 2.42. The molecule has 1 aromatic carbocycles. The van der Waals surface area contributed by atoms with E-state index in [-0.39, 0.29) is 18.4 Å². The van der Waals surface area contributed by atoms with Crippen molar-refractivity contribution in [3.63, 3.8) is 0 Å². The molecule has 0 aliphatic carbocycles. The monoisotopic (exact) mass is 291 g/mol. The number of morpholine rings is 1. The third-order valence-electron chi connectivity index (χ3n) is 4.62. The van der Waals surface area contributed by atoms with Crippen LogP contribution in [0.15, 0.2) is 24.3 Å². The number of hydrogen-bond donors (Lipinski definition) is 2. The third kappa shape index (κ3) is 2.60. The second kappa shape index (κ2) is 5.34. The van der Waals surface area contributed by atoms with Crippen LogP contribution in [0.3, 0.4) is 0 Å². The van der Waals surface area contributed by atoms with Crippen molar-refractivity contribution < 1.29 is 19.3 Å². The van der Waals surface area contributed by atoms with Crippen molar-refractivity contribution in [1.29, 1.82) is 0 Å². The van der Waals surface area contributed by atoms with Gasteiger partial charge in [-0.2, -0.15) is 0 Å². The van der Waals surface area contributed by atoms with Crippen LogP contribution in [0.5, 0.6) is 0 Å². The summed E-state index contributed by atoms with van der Waals surface area (Å²) in [5, 5.41) is 14.6. The summed E-state index contributed by atoms with van der Waals surface area (Å²) in [6.07, 6.45) is 1.13. The Balaban J connectivity index is 1.54. The molecule has 1 aromatic rings. The van der Waals surface area contributed by atoms with Crippen molar-refractivity contribution in [3.05, 3.63) is 35.4 Å². The first-order chi connectivity index (χ1) is 10.2. The fourth-order valence-corrected chi connectivity index (χ4v) is 3.65. The Kier molecular flexibility index (Phi) is 3.47. The summed E-state index contributed by atoms with van der Waals surface area (Å²) in [6.45, 7) is 2.65. The first-order valence-electron chi connectivity index (χ1n) is 7.63. The lowest BCUT2D eigenvalue weighted by molar-refractivity contribution is -0.0803. The van der Waals surface area contributed by atoms with Gasteiger partial charge in [-0.1, -0.05) is 24.3 Å². The number of piperidine rings is 1. The number of hydrogen-bond acceptors (Lipinski definition) is 5. The van der Waals surface area contributed by atoms with Crippen molar-refractivity contribution >= 4 is 0 Å². The Hall–Kier alpha value is -0.980. The summed E-state index contributed by atoms with van der Waals surface area (Å²) in [5.74, 6) is 0. The molecule has 2 N–H and O–H groups in total. The van der Waals surface area contributed by atoms with Gasteiger partial charge < -0.3 is 24.6 Å². The maximum Gasteiger partial charge on any atom is 0.184 e. The lowest BCUT2D eigenvalue weighted by atomic mass is 9.78. The molecule has 4 rings (SSSR count). The SMILES string of the molecule is OC1(c2ccc(C3OCCO3)cc2)CC2COCC(C1)N2. The average Bonchev–Trinajstić information content (AvgIpc) is 3.01. The van der Waals surface area contributed by atoms with Crippen molar-refractivity contribution in [2.75, 3.05) is 26.4 Å². The fraction of sp³-hybridized carbons (Fsp3) is 0.625. The molecule has 2 bridgehead atoms. The van der Waals surface area contributed by atoms with Crippen molar-refractivity contribution in [2.45, 2.75) is 36.8 Å². The Labute approximate surface area is 124 Å². The Morgan fingerprint density at radius 3 is 2.24 bits per heavy atom. The van der Waals surface area contributed by atoms with Gasteiger partial charge in [-0.3, -0.25) is 0 Å². The van der Waals surface area contributed by atoms with E-state index in [4.69, 9.17) is 14.2 Å². The lowest BCUT2D eigenvalue weighted by Gasteiger charge is -2.45. The predicted octanol–water partition coefficient (Wildman–Crippen LogP) is 1.07. The molecule has 0 spiro atoms. The zero-order chi connectivity index (χ0) is 14.3. The largest absolute Gasteiger partial charge is 0.385 e. The highest BCUT2D eigenvalue weighted by Crippen LogP contribution is 2.37. The normalized spacial score (nSPS) is 36.8. The average molecular weight is 291 g/mol. The second-order valence-electron chi connectivity index (χ2n) is 6.23. The minimum Gasteiger partial charge on any atom is -0.385 e. The Morgan fingerprint density at radius 1 is 1.00 bits per heavy atom. The summed E-state index contributed by atoms with van der Waals surface area (Å²) < 4.78 is 16.5. The second-order valence-corrected chi connectivity index (χ2v) is 6.23. The molecule has 0 aromatic heterocycles. The first kappa shape index (κ1) is 13.7. The molecular weight excluding hydrogens is 270 g/mol. The molecule has 0 radical (unpaired) electrons. The van der Waals surface area contributed by atoms with E-state index in [2.05, 4.69) is 5.32 Å². The molecule has 0 saturated carbocycles. The van der Waals surface area contributed by atoms with Gasteiger partial charge in [-0.25, -0.2) is 0 Å². The standard InChI is InChI=1S/C16H21NO4/c18-16(7-13-9-19-10-14(8-16)17-13)12-3-1-11(2-4-12)15-20-5-6-21-15/h1-4,13-15,17-18H,5-10H2. The van der Waals surface area contributed by atoms with Gasteiger partial charge in [0.25, 0.3) is 0 Å². The molecule has 114 valence electrons. The zero-order valence-corrected chi connectivity index (χ0v) is 12.0. The summed E-state index contributed by atoms with van der Waals surface area (Å²) in [7, 11) is 0. The Bertz CT molecular complexity index is 486. The maximum atomic E-state index is 11.0. The summed E-state index contributed by atoms with van der Waals surface area (Å²) >= 11 is 0. The molecule has 5 nitrogen and oxygen atoms in total. The third-order valence-corrected chi connectivity index (χ3v) is 4.62. The van der Waals surface area contributed by atoms with Gasteiger partial charge in [-0.05, 0) is 18.4 Å². The van der Waals surface area contributed by atoms with Crippen LogP contribution in [0.4, 0.5) is 0 Å². The molecule has 5 heteroatoms. The summed E-state index contributed by atoms with van der Waals surface area (Å²) in [4.78, 5) is 0. The molecule has 3 heterocycles. The van der Waals surface area contributed by atoms with Crippen LogP contribution in [-0.2, 0) is 19.8 Å². The maximum absolute atomic E-state index is 11.0. The first-order valence-corrected chi connectivity index (χ1v) is 7.63. The summed E-state index contributed by atoms with van der Waals surface area (Å²) in [5.41, 5.74) is 1.22. The van der Waals surface area contributed by atoms with E-state index in [0.717, 1.165) is 11.1 Å². The smallest absolute Gasteiger partial charge is 0.184 e.